The molecule has 0 radical (unpaired) electrons. The fraction of sp³-hybridized carbons (Fsp3) is 0.167. The first kappa shape index (κ1) is 17.1. The van der Waals surface area contributed by atoms with E-state index in [1.54, 1.807) is 0 Å². The van der Waals surface area contributed by atoms with E-state index >= 15 is 0 Å². The number of carbonyl (C=O) groups excluding carboxylic acids is 3. The van der Waals surface area contributed by atoms with Crippen molar-refractivity contribution in [3.63, 3.8) is 0 Å². The van der Waals surface area contributed by atoms with Crippen LogP contribution in [0.5, 0.6) is 0 Å². The fourth-order valence-electron chi connectivity index (χ4n) is 0.941. The quantitative estimate of drug-likeness (QED) is 0.384. The molecule has 0 fully saturated rings. The Morgan fingerprint density at radius 1 is 0.850 bits per heavy atom. The molecule has 0 aromatic carbocycles. The predicted octanol–water partition coefficient (Wildman–Crippen LogP) is 0.302. The summed E-state index contributed by atoms with van der Waals surface area (Å²) in [5.41, 5.74) is 0. The second-order valence-electron chi connectivity index (χ2n) is 3.13. The Balaban J connectivity index is 5.51. The molecule has 0 rings (SSSR count). The summed E-state index contributed by atoms with van der Waals surface area (Å²) in [7, 11) is 0. The Labute approximate surface area is 113 Å². The highest BCUT2D eigenvalue weighted by Gasteiger charge is 2.45. The number of ether oxygens (including phenoxy) is 3. The number of esters is 3. The van der Waals surface area contributed by atoms with Crippen LogP contribution in [0.25, 0.3) is 0 Å². The normalized spacial score (nSPS) is 9.80. The zero-order chi connectivity index (χ0) is 15.8. The van der Waals surface area contributed by atoms with E-state index in [-0.39, 0.29) is 0 Å². The lowest BCUT2D eigenvalue weighted by molar-refractivity contribution is -0.324. The minimum Gasteiger partial charge on any atom is -0.481 e. The van der Waals surface area contributed by atoms with E-state index in [1.165, 1.54) is 0 Å². The van der Waals surface area contributed by atoms with Gasteiger partial charge in [-0.15, -0.1) is 0 Å². The van der Waals surface area contributed by atoms with Gasteiger partial charge in [-0.1, -0.05) is 19.7 Å². The van der Waals surface area contributed by atoms with Gasteiger partial charge in [0.15, 0.2) is 6.42 Å². The zero-order valence-electron chi connectivity index (χ0n) is 10.4. The molecule has 0 aromatic rings. The molecule has 20 heavy (non-hydrogen) atoms. The number of carbonyl (C=O) groups is 4. The fourth-order valence-corrected chi connectivity index (χ4v) is 0.941. The van der Waals surface area contributed by atoms with E-state index < -0.39 is 36.3 Å². The number of carboxylic acids is 1. The van der Waals surface area contributed by atoms with Gasteiger partial charge in [-0.25, -0.2) is 14.4 Å². The molecule has 0 unspecified atom stereocenters. The summed E-state index contributed by atoms with van der Waals surface area (Å²) in [6.45, 7) is 9.24. The van der Waals surface area contributed by atoms with E-state index in [1.807, 2.05) is 0 Å². The highest BCUT2D eigenvalue weighted by molar-refractivity contribution is 5.86. The molecule has 108 valence electrons. The molecule has 0 aromatic heterocycles. The van der Waals surface area contributed by atoms with Crippen LogP contribution in [-0.2, 0) is 33.4 Å². The van der Waals surface area contributed by atoms with E-state index in [0.29, 0.717) is 18.2 Å². The van der Waals surface area contributed by atoms with Gasteiger partial charge in [0.05, 0.1) is 0 Å². The molecule has 0 amide bonds. The molecule has 0 heterocycles. The SMILES string of the molecule is C=CC(=O)OC(CC(=O)O)(OC(=O)C=C)OC(=O)C=C. The molecule has 8 nitrogen and oxygen atoms in total. The number of hydrogen-bond donors (Lipinski definition) is 1. The highest BCUT2D eigenvalue weighted by Crippen LogP contribution is 2.22. The molecule has 0 aliphatic carbocycles. The number of rotatable bonds is 8. The third-order valence-electron chi connectivity index (χ3n) is 1.64. The maximum absolute atomic E-state index is 11.2. The maximum Gasteiger partial charge on any atom is 0.435 e. The zero-order valence-corrected chi connectivity index (χ0v) is 10.4. The van der Waals surface area contributed by atoms with Gasteiger partial charge in [-0.3, -0.25) is 4.79 Å². The van der Waals surface area contributed by atoms with Crippen molar-refractivity contribution < 1.29 is 38.5 Å². The summed E-state index contributed by atoms with van der Waals surface area (Å²) in [6.07, 6.45) is 0.867. The summed E-state index contributed by atoms with van der Waals surface area (Å²) in [5.74, 6) is -7.83. The van der Waals surface area contributed by atoms with Gasteiger partial charge in [0.1, 0.15) is 0 Å². The lowest BCUT2D eigenvalue weighted by Gasteiger charge is -2.28. The number of aliphatic carboxylic acids is 1. The van der Waals surface area contributed by atoms with Gasteiger partial charge in [-0.2, -0.15) is 0 Å². The average molecular weight is 284 g/mol. The molecular formula is C12H12O8. The third-order valence-corrected chi connectivity index (χ3v) is 1.64. The Morgan fingerprint density at radius 3 is 1.35 bits per heavy atom. The number of hydrogen-bond acceptors (Lipinski definition) is 7. The van der Waals surface area contributed by atoms with Gasteiger partial charge in [0, 0.05) is 18.2 Å². The van der Waals surface area contributed by atoms with Crippen molar-refractivity contribution in [3.05, 3.63) is 38.0 Å². The Bertz CT molecular complexity index is 407. The first-order valence-electron chi connectivity index (χ1n) is 5.06. The van der Waals surface area contributed by atoms with E-state index in [9.17, 15) is 19.2 Å². The molecule has 0 atom stereocenters. The van der Waals surface area contributed by atoms with Crippen LogP contribution in [-0.4, -0.2) is 35.0 Å². The van der Waals surface area contributed by atoms with Crippen molar-refractivity contribution >= 4 is 23.9 Å². The summed E-state index contributed by atoms with van der Waals surface area (Å²) in [5, 5.41) is 8.75. The number of carboxylic acid groups (broad SMARTS) is 1. The summed E-state index contributed by atoms with van der Waals surface area (Å²) >= 11 is 0. The predicted molar refractivity (Wildman–Crippen MR) is 63.9 cm³/mol. The second kappa shape index (κ2) is 7.52. The molecule has 0 bridgehead atoms. The Kier molecular flexibility index (Phi) is 6.43. The molecular weight excluding hydrogens is 272 g/mol. The van der Waals surface area contributed by atoms with E-state index in [4.69, 9.17) is 5.11 Å². The van der Waals surface area contributed by atoms with Gasteiger partial charge in [-0.05, 0) is 0 Å². The molecule has 8 heteroatoms. The van der Waals surface area contributed by atoms with Gasteiger partial charge in [0.25, 0.3) is 0 Å². The topological polar surface area (TPSA) is 116 Å². The Hall–Kier alpha value is -2.90. The molecule has 1 N–H and O–H groups in total. The lowest BCUT2D eigenvalue weighted by Crippen LogP contribution is -2.45. The minimum atomic E-state index is -2.77. The van der Waals surface area contributed by atoms with Crippen molar-refractivity contribution in [1.82, 2.24) is 0 Å². The van der Waals surface area contributed by atoms with Crippen LogP contribution in [0, 0.1) is 0 Å². The van der Waals surface area contributed by atoms with Crippen LogP contribution < -0.4 is 0 Å². The lowest BCUT2D eigenvalue weighted by atomic mass is 10.3. The largest absolute Gasteiger partial charge is 0.481 e. The van der Waals surface area contributed by atoms with Crippen LogP contribution >= 0.6 is 0 Å². The van der Waals surface area contributed by atoms with Crippen molar-refractivity contribution in [1.29, 1.82) is 0 Å². The maximum atomic E-state index is 11.2. The van der Waals surface area contributed by atoms with Crippen LogP contribution in [0.3, 0.4) is 0 Å². The molecule has 0 aliphatic rings. The Morgan fingerprint density at radius 2 is 1.15 bits per heavy atom. The molecule has 0 saturated carbocycles. The van der Waals surface area contributed by atoms with Crippen LogP contribution in [0.2, 0.25) is 0 Å². The average Bonchev–Trinajstić information content (AvgIpc) is 2.36. The van der Waals surface area contributed by atoms with Crippen molar-refractivity contribution in [2.75, 3.05) is 0 Å². The van der Waals surface area contributed by atoms with Crippen molar-refractivity contribution in [2.45, 2.75) is 12.4 Å². The molecule has 0 saturated heterocycles. The van der Waals surface area contributed by atoms with Crippen LogP contribution in [0.15, 0.2) is 38.0 Å². The van der Waals surface area contributed by atoms with Gasteiger partial charge < -0.3 is 19.3 Å². The summed E-state index contributed by atoms with van der Waals surface area (Å²) in [4.78, 5) is 44.3. The van der Waals surface area contributed by atoms with Gasteiger partial charge in [0.2, 0.25) is 0 Å². The molecule has 0 aliphatic heterocycles. The van der Waals surface area contributed by atoms with Crippen LogP contribution in [0.4, 0.5) is 0 Å². The second-order valence-corrected chi connectivity index (χ2v) is 3.13. The summed E-state index contributed by atoms with van der Waals surface area (Å²) in [6, 6.07) is 0. The third kappa shape index (κ3) is 5.63. The highest BCUT2D eigenvalue weighted by atomic mass is 16.9. The summed E-state index contributed by atoms with van der Waals surface area (Å²) < 4.78 is 13.6. The standard InChI is InChI=1S/C12H12O8/c1-4-9(15)18-12(7-8(13)14,19-10(16)5-2)20-11(17)6-3/h4-6H,1-3,7H2,(H,13,14). The van der Waals surface area contributed by atoms with Gasteiger partial charge >= 0.3 is 29.9 Å². The van der Waals surface area contributed by atoms with Crippen molar-refractivity contribution in [2.24, 2.45) is 0 Å². The molecule has 0 spiro atoms. The minimum absolute atomic E-state index is 0.667. The van der Waals surface area contributed by atoms with E-state index in [0.717, 1.165) is 0 Å². The monoisotopic (exact) mass is 284 g/mol. The van der Waals surface area contributed by atoms with Crippen LogP contribution in [0.1, 0.15) is 6.42 Å². The first-order chi connectivity index (χ1) is 9.28. The van der Waals surface area contributed by atoms with Crippen molar-refractivity contribution in [3.8, 4) is 0 Å². The smallest absolute Gasteiger partial charge is 0.435 e. The van der Waals surface area contributed by atoms with E-state index in [2.05, 4.69) is 33.9 Å². The first-order valence-corrected chi connectivity index (χ1v) is 5.06.